The SMILES string of the molecule is CC1(C)C2CCC1(C)C(O)(C(Oc1ccccc1)C(=O)O)C2. The molecule has 2 aliphatic carbocycles. The molecule has 2 fully saturated rings. The Bertz CT molecular complexity index is 582. The van der Waals surface area contributed by atoms with Gasteiger partial charge >= 0.3 is 5.97 Å². The van der Waals surface area contributed by atoms with Gasteiger partial charge in [0, 0.05) is 5.41 Å². The highest BCUT2D eigenvalue weighted by atomic mass is 16.5. The van der Waals surface area contributed by atoms with Crippen LogP contribution in [0.25, 0.3) is 0 Å². The molecule has 120 valence electrons. The topological polar surface area (TPSA) is 66.8 Å². The number of fused-ring (bicyclic) bond motifs is 2. The molecule has 22 heavy (non-hydrogen) atoms. The number of benzene rings is 1. The first-order valence-corrected chi connectivity index (χ1v) is 7.89. The Hall–Kier alpha value is -1.55. The Morgan fingerprint density at radius 2 is 1.91 bits per heavy atom. The minimum atomic E-state index is -1.35. The van der Waals surface area contributed by atoms with Crippen molar-refractivity contribution in [1.29, 1.82) is 0 Å². The molecule has 4 unspecified atom stereocenters. The summed E-state index contributed by atoms with van der Waals surface area (Å²) in [7, 11) is 0. The maximum atomic E-state index is 11.8. The van der Waals surface area contributed by atoms with Crippen LogP contribution in [0.5, 0.6) is 5.75 Å². The third-order valence-electron chi connectivity index (χ3n) is 6.60. The molecule has 2 N–H and O–H groups in total. The number of para-hydroxylation sites is 1. The summed E-state index contributed by atoms with van der Waals surface area (Å²) in [5.41, 5.74) is -1.89. The van der Waals surface area contributed by atoms with Gasteiger partial charge in [0.2, 0.25) is 6.10 Å². The molecule has 0 saturated heterocycles. The monoisotopic (exact) mass is 304 g/mol. The highest BCUT2D eigenvalue weighted by Crippen LogP contribution is 2.70. The lowest BCUT2D eigenvalue weighted by molar-refractivity contribution is -0.182. The number of hydrogen-bond acceptors (Lipinski definition) is 3. The molecule has 0 aromatic heterocycles. The fraction of sp³-hybridized carbons (Fsp3) is 0.611. The second-order valence-corrected chi connectivity index (χ2v) is 7.57. The summed E-state index contributed by atoms with van der Waals surface area (Å²) in [5, 5.41) is 21.0. The molecule has 0 amide bonds. The van der Waals surface area contributed by atoms with E-state index in [2.05, 4.69) is 13.8 Å². The Morgan fingerprint density at radius 3 is 2.36 bits per heavy atom. The fourth-order valence-electron chi connectivity index (χ4n) is 4.71. The number of aliphatic hydroxyl groups is 1. The molecule has 4 atom stereocenters. The largest absolute Gasteiger partial charge is 0.478 e. The van der Waals surface area contributed by atoms with Crippen molar-refractivity contribution in [2.75, 3.05) is 0 Å². The van der Waals surface area contributed by atoms with Crippen molar-refractivity contribution >= 4 is 5.97 Å². The van der Waals surface area contributed by atoms with Gasteiger partial charge in [-0.1, -0.05) is 39.0 Å². The van der Waals surface area contributed by atoms with Crippen LogP contribution in [0.3, 0.4) is 0 Å². The third-order valence-corrected chi connectivity index (χ3v) is 6.60. The maximum Gasteiger partial charge on any atom is 0.348 e. The van der Waals surface area contributed by atoms with Gasteiger partial charge in [0.25, 0.3) is 0 Å². The maximum absolute atomic E-state index is 11.8. The number of hydrogen-bond donors (Lipinski definition) is 2. The van der Waals surface area contributed by atoms with E-state index in [4.69, 9.17) is 4.74 Å². The molecule has 4 nitrogen and oxygen atoms in total. The van der Waals surface area contributed by atoms with Crippen LogP contribution in [0, 0.1) is 16.7 Å². The highest BCUT2D eigenvalue weighted by Gasteiger charge is 2.72. The summed E-state index contributed by atoms with van der Waals surface area (Å²) in [6.45, 7) is 6.30. The van der Waals surface area contributed by atoms with Crippen molar-refractivity contribution in [3.8, 4) is 5.75 Å². The van der Waals surface area contributed by atoms with Crippen molar-refractivity contribution in [2.45, 2.75) is 51.7 Å². The fourth-order valence-corrected chi connectivity index (χ4v) is 4.71. The van der Waals surface area contributed by atoms with E-state index in [-0.39, 0.29) is 5.41 Å². The average Bonchev–Trinajstić information content (AvgIpc) is 2.77. The van der Waals surface area contributed by atoms with Crippen LogP contribution < -0.4 is 4.74 Å². The van der Waals surface area contributed by atoms with Crippen LogP contribution in [-0.4, -0.2) is 27.9 Å². The molecule has 3 rings (SSSR count). The molecule has 2 bridgehead atoms. The quantitative estimate of drug-likeness (QED) is 0.897. The summed E-state index contributed by atoms with van der Waals surface area (Å²) in [6.07, 6.45) is 1.12. The lowest BCUT2D eigenvalue weighted by Gasteiger charge is -2.47. The predicted octanol–water partition coefficient (Wildman–Crippen LogP) is 3.10. The van der Waals surface area contributed by atoms with Gasteiger partial charge in [0.05, 0.1) is 0 Å². The molecule has 4 heteroatoms. The normalized spacial score (nSPS) is 37.0. The Balaban J connectivity index is 1.97. The standard InChI is InChI=1S/C18H24O4/c1-16(2)12-9-10-17(16,3)18(21,11-12)14(15(19)20)22-13-7-5-4-6-8-13/h4-8,12,14,21H,9-11H2,1-3H3,(H,19,20). The van der Waals surface area contributed by atoms with Gasteiger partial charge in [-0.05, 0) is 42.7 Å². The van der Waals surface area contributed by atoms with E-state index in [1.807, 2.05) is 13.0 Å². The first-order chi connectivity index (χ1) is 10.2. The molecular weight excluding hydrogens is 280 g/mol. The van der Waals surface area contributed by atoms with Gasteiger partial charge < -0.3 is 14.9 Å². The lowest BCUT2D eigenvalue weighted by Crippen LogP contribution is -2.60. The zero-order chi connectivity index (χ0) is 16.2. The molecule has 0 heterocycles. The number of carboxylic acids is 1. The second-order valence-electron chi connectivity index (χ2n) is 7.57. The molecule has 0 aliphatic heterocycles. The third kappa shape index (κ3) is 1.83. The van der Waals surface area contributed by atoms with Crippen molar-refractivity contribution < 1.29 is 19.7 Å². The number of aliphatic carboxylic acids is 1. The van der Waals surface area contributed by atoms with E-state index in [1.54, 1.807) is 24.3 Å². The Kier molecular flexibility index (Phi) is 3.29. The van der Waals surface area contributed by atoms with E-state index in [9.17, 15) is 15.0 Å². The van der Waals surface area contributed by atoms with Crippen molar-refractivity contribution in [2.24, 2.45) is 16.7 Å². The highest BCUT2D eigenvalue weighted by molar-refractivity contribution is 5.75. The first-order valence-electron chi connectivity index (χ1n) is 7.89. The molecular formula is C18H24O4. The Morgan fingerprint density at radius 1 is 1.27 bits per heavy atom. The van der Waals surface area contributed by atoms with Gasteiger partial charge in [-0.15, -0.1) is 0 Å². The van der Waals surface area contributed by atoms with Crippen LogP contribution >= 0.6 is 0 Å². The number of rotatable bonds is 4. The predicted molar refractivity (Wildman–Crippen MR) is 82.7 cm³/mol. The summed E-state index contributed by atoms with van der Waals surface area (Å²) < 4.78 is 5.72. The van der Waals surface area contributed by atoms with Crippen LogP contribution in [0.1, 0.15) is 40.0 Å². The summed E-state index contributed by atoms with van der Waals surface area (Å²) >= 11 is 0. The summed E-state index contributed by atoms with van der Waals surface area (Å²) in [5.74, 6) is -0.285. The van der Waals surface area contributed by atoms with E-state index < -0.39 is 23.1 Å². The van der Waals surface area contributed by atoms with Crippen LogP contribution in [-0.2, 0) is 4.79 Å². The number of carbonyl (C=O) groups is 1. The zero-order valence-corrected chi connectivity index (χ0v) is 13.4. The zero-order valence-electron chi connectivity index (χ0n) is 13.4. The molecule has 0 radical (unpaired) electrons. The minimum absolute atomic E-state index is 0.0878. The van der Waals surface area contributed by atoms with Crippen LogP contribution in [0.15, 0.2) is 30.3 Å². The number of ether oxygens (including phenoxy) is 1. The van der Waals surface area contributed by atoms with Gasteiger partial charge in [0.1, 0.15) is 11.4 Å². The van der Waals surface area contributed by atoms with Crippen LogP contribution in [0.2, 0.25) is 0 Å². The van der Waals surface area contributed by atoms with Crippen molar-refractivity contribution in [3.63, 3.8) is 0 Å². The smallest absolute Gasteiger partial charge is 0.348 e. The number of carboxylic acid groups (broad SMARTS) is 1. The van der Waals surface area contributed by atoms with Crippen molar-refractivity contribution in [3.05, 3.63) is 30.3 Å². The molecule has 2 saturated carbocycles. The van der Waals surface area contributed by atoms with E-state index >= 15 is 0 Å². The molecule has 1 aromatic carbocycles. The second kappa shape index (κ2) is 4.72. The minimum Gasteiger partial charge on any atom is -0.478 e. The van der Waals surface area contributed by atoms with Gasteiger partial charge in [-0.25, -0.2) is 4.79 Å². The van der Waals surface area contributed by atoms with Gasteiger partial charge in [-0.3, -0.25) is 0 Å². The van der Waals surface area contributed by atoms with E-state index in [0.29, 0.717) is 18.1 Å². The van der Waals surface area contributed by atoms with Crippen molar-refractivity contribution in [1.82, 2.24) is 0 Å². The van der Waals surface area contributed by atoms with Gasteiger partial charge in [-0.2, -0.15) is 0 Å². The molecule has 0 spiro atoms. The molecule has 1 aromatic rings. The lowest BCUT2D eigenvalue weighted by atomic mass is 9.62. The van der Waals surface area contributed by atoms with E-state index in [0.717, 1.165) is 12.8 Å². The summed E-state index contributed by atoms with van der Waals surface area (Å²) in [6, 6.07) is 8.88. The average molecular weight is 304 g/mol. The Labute approximate surface area is 131 Å². The van der Waals surface area contributed by atoms with Crippen LogP contribution in [0.4, 0.5) is 0 Å². The first kappa shape index (κ1) is 15.3. The van der Waals surface area contributed by atoms with Gasteiger partial charge in [0.15, 0.2) is 0 Å². The van der Waals surface area contributed by atoms with E-state index in [1.165, 1.54) is 0 Å². The molecule has 2 aliphatic rings. The summed E-state index contributed by atoms with van der Waals surface area (Å²) in [4.78, 5) is 11.8.